The molecular weight excluding hydrogens is 338 g/mol. The number of carbonyl (C=O) groups excluding carboxylic acids is 2. The average Bonchev–Trinajstić information content (AvgIpc) is 2.60. The van der Waals surface area contributed by atoms with Crippen molar-refractivity contribution in [3.05, 3.63) is 70.9 Å². The van der Waals surface area contributed by atoms with Crippen LogP contribution in [0.3, 0.4) is 0 Å². The van der Waals surface area contributed by atoms with Crippen LogP contribution in [-0.2, 0) is 4.79 Å². The van der Waals surface area contributed by atoms with Gasteiger partial charge in [0.05, 0.1) is 22.8 Å². The first kappa shape index (κ1) is 18.6. The van der Waals surface area contributed by atoms with Crippen molar-refractivity contribution < 1.29 is 9.59 Å². The minimum atomic E-state index is -0.178. The van der Waals surface area contributed by atoms with E-state index in [1.165, 1.54) is 12.5 Å². The van der Waals surface area contributed by atoms with E-state index >= 15 is 0 Å². The molecule has 0 spiro atoms. The number of hydrogen-bond donors (Lipinski definition) is 2. The molecule has 1 heterocycles. The summed E-state index contributed by atoms with van der Waals surface area (Å²) in [5.74, 6) is -0.350. The fraction of sp³-hybridized carbons (Fsp3) is 0.227. The van der Waals surface area contributed by atoms with E-state index in [9.17, 15) is 9.59 Å². The first-order valence-electron chi connectivity index (χ1n) is 8.90. The van der Waals surface area contributed by atoms with E-state index in [2.05, 4.69) is 34.7 Å². The van der Waals surface area contributed by atoms with Gasteiger partial charge < -0.3 is 10.6 Å². The Hall–Kier alpha value is -3.21. The Morgan fingerprint density at radius 1 is 1.07 bits per heavy atom. The molecule has 0 bridgehead atoms. The first-order valence-corrected chi connectivity index (χ1v) is 8.90. The van der Waals surface area contributed by atoms with Crippen LogP contribution in [0, 0.1) is 13.8 Å². The molecular formula is C22H23N3O2. The summed E-state index contributed by atoms with van der Waals surface area (Å²) in [7, 11) is 0. The molecule has 27 heavy (non-hydrogen) atoms. The number of anilines is 1. The first-order chi connectivity index (χ1) is 12.9. The Morgan fingerprint density at radius 3 is 2.56 bits per heavy atom. The second kappa shape index (κ2) is 7.58. The van der Waals surface area contributed by atoms with E-state index in [0.29, 0.717) is 22.2 Å². The molecule has 2 N–H and O–H groups in total. The number of para-hydroxylation sites is 1. The summed E-state index contributed by atoms with van der Waals surface area (Å²) in [5, 5.41) is 6.53. The van der Waals surface area contributed by atoms with Gasteiger partial charge in [0.1, 0.15) is 0 Å². The molecule has 0 radical (unpaired) electrons. The second-order valence-corrected chi connectivity index (χ2v) is 6.80. The van der Waals surface area contributed by atoms with E-state index < -0.39 is 0 Å². The molecule has 0 fully saturated rings. The van der Waals surface area contributed by atoms with Crippen molar-refractivity contribution >= 4 is 28.4 Å². The summed E-state index contributed by atoms with van der Waals surface area (Å²) >= 11 is 0. The molecule has 1 atom stereocenters. The lowest BCUT2D eigenvalue weighted by atomic mass is 9.99. The number of nitrogens with one attached hydrogen (secondary N) is 2. The highest BCUT2D eigenvalue weighted by Crippen LogP contribution is 2.25. The van der Waals surface area contributed by atoms with E-state index in [1.54, 1.807) is 24.4 Å². The zero-order chi connectivity index (χ0) is 19.6. The number of aryl methyl sites for hydroxylation is 2. The standard InChI is InChI=1S/C22H23N3O2/c1-13-8-9-17(14(2)12-13)15(3)24-22(27)19-10-11-23-21-18(19)6-5-7-20(21)25-16(4)26/h5-12,15H,1-4H3,(H,24,27)(H,25,26). The molecule has 2 amide bonds. The lowest BCUT2D eigenvalue weighted by Gasteiger charge is -2.18. The quantitative estimate of drug-likeness (QED) is 0.728. The fourth-order valence-electron chi connectivity index (χ4n) is 3.33. The van der Waals surface area contributed by atoms with E-state index in [-0.39, 0.29) is 17.9 Å². The highest BCUT2D eigenvalue weighted by molar-refractivity contribution is 6.10. The summed E-state index contributed by atoms with van der Waals surface area (Å²) in [4.78, 5) is 28.7. The fourth-order valence-corrected chi connectivity index (χ4v) is 3.33. The molecule has 3 rings (SSSR count). The average molecular weight is 361 g/mol. The van der Waals surface area contributed by atoms with Crippen molar-refractivity contribution in [2.24, 2.45) is 0 Å². The zero-order valence-electron chi connectivity index (χ0n) is 16.0. The molecule has 0 aliphatic rings. The lowest BCUT2D eigenvalue weighted by Crippen LogP contribution is -2.27. The highest BCUT2D eigenvalue weighted by atomic mass is 16.2. The number of rotatable bonds is 4. The number of hydrogen-bond acceptors (Lipinski definition) is 3. The normalized spacial score (nSPS) is 11.9. The number of pyridine rings is 1. The van der Waals surface area contributed by atoms with Crippen molar-refractivity contribution in [2.75, 3.05) is 5.32 Å². The summed E-state index contributed by atoms with van der Waals surface area (Å²) in [6, 6.07) is 13.2. The maximum Gasteiger partial charge on any atom is 0.252 e. The third kappa shape index (κ3) is 3.97. The molecule has 138 valence electrons. The van der Waals surface area contributed by atoms with E-state index in [4.69, 9.17) is 0 Å². The SMILES string of the molecule is CC(=O)Nc1cccc2c(C(=O)NC(C)c3ccc(C)cc3C)ccnc12. The predicted molar refractivity (Wildman–Crippen MR) is 108 cm³/mol. The molecule has 0 aliphatic heterocycles. The Labute approximate surface area is 158 Å². The van der Waals surface area contributed by atoms with Crippen LogP contribution in [0.1, 0.15) is 46.9 Å². The van der Waals surface area contributed by atoms with Gasteiger partial charge in [0.25, 0.3) is 5.91 Å². The van der Waals surface area contributed by atoms with Gasteiger partial charge in [0, 0.05) is 18.5 Å². The molecule has 3 aromatic rings. The number of nitrogens with zero attached hydrogens (tertiary/aromatic N) is 1. The van der Waals surface area contributed by atoms with Crippen LogP contribution in [-0.4, -0.2) is 16.8 Å². The predicted octanol–water partition coefficient (Wildman–Crippen LogP) is 4.30. The third-order valence-electron chi connectivity index (χ3n) is 4.57. The van der Waals surface area contributed by atoms with Crippen LogP contribution in [0.5, 0.6) is 0 Å². The lowest BCUT2D eigenvalue weighted by molar-refractivity contribution is -0.114. The Bertz CT molecular complexity index is 1030. The van der Waals surface area contributed by atoms with Crippen LogP contribution in [0.15, 0.2) is 48.7 Å². The van der Waals surface area contributed by atoms with Crippen LogP contribution in [0.4, 0.5) is 5.69 Å². The Kier molecular flexibility index (Phi) is 5.21. The summed E-state index contributed by atoms with van der Waals surface area (Å²) in [6.07, 6.45) is 1.59. The van der Waals surface area contributed by atoms with Crippen LogP contribution in [0.2, 0.25) is 0 Å². The Morgan fingerprint density at radius 2 is 1.85 bits per heavy atom. The number of carbonyl (C=O) groups is 2. The molecule has 1 unspecified atom stereocenters. The summed E-state index contributed by atoms with van der Waals surface area (Å²) in [5.41, 5.74) is 5.15. The highest BCUT2D eigenvalue weighted by Gasteiger charge is 2.17. The van der Waals surface area contributed by atoms with Crippen LogP contribution in [0.25, 0.3) is 10.9 Å². The number of benzene rings is 2. The molecule has 5 nitrogen and oxygen atoms in total. The molecule has 0 saturated carbocycles. The summed E-state index contributed by atoms with van der Waals surface area (Å²) in [6.45, 7) is 7.52. The van der Waals surface area contributed by atoms with Crippen LogP contribution < -0.4 is 10.6 Å². The molecule has 1 aromatic heterocycles. The number of aromatic nitrogens is 1. The number of amides is 2. The minimum Gasteiger partial charge on any atom is -0.345 e. The topological polar surface area (TPSA) is 71.1 Å². The molecule has 0 saturated heterocycles. The van der Waals surface area contributed by atoms with Gasteiger partial charge in [-0.25, -0.2) is 0 Å². The molecule has 0 aliphatic carbocycles. The van der Waals surface area contributed by atoms with Gasteiger partial charge in [0.15, 0.2) is 0 Å². The maximum absolute atomic E-state index is 12.9. The molecule has 2 aromatic carbocycles. The van der Waals surface area contributed by atoms with Crippen molar-refractivity contribution in [1.29, 1.82) is 0 Å². The minimum absolute atomic E-state index is 0.125. The van der Waals surface area contributed by atoms with Crippen molar-refractivity contribution in [2.45, 2.75) is 33.7 Å². The van der Waals surface area contributed by atoms with Gasteiger partial charge in [-0.2, -0.15) is 0 Å². The van der Waals surface area contributed by atoms with Gasteiger partial charge in [-0.05, 0) is 44.0 Å². The number of fused-ring (bicyclic) bond motifs is 1. The smallest absolute Gasteiger partial charge is 0.252 e. The van der Waals surface area contributed by atoms with E-state index in [0.717, 1.165) is 11.1 Å². The van der Waals surface area contributed by atoms with Gasteiger partial charge >= 0.3 is 0 Å². The molecule has 5 heteroatoms. The van der Waals surface area contributed by atoms with Gasteiger partial charge in [-0.1, -0.05) is 35.9 Å². The van der Waals surface area contributed by atoms with Gasteiger partial charge in [-0.15, -0.1) is 0 Å². The van der Waals surface area contributed by atoms with Crippen molar-refractivity contribution in [3.63, 3.8) is 0 Å². The Balaban J connectivity index is 1.92. The largest absolute Gasteiger partial charge is 0.345 e. The van der Waals surface area contributed by atoms with Gasteiger partial charge in [0.2, 0.25) is 5.91 Å². The van der Waals surface area contributed by atoms with Gasteiger partial charge in [-0.3, -0.25) is 14.6 Å². The third-order valence-corrected chi connectivity index (χ3v) is 4.57. The second-order valence-electron chi connectivity index (χ2n) is 6.80. The van der Waals surface area contributed by atoms with Crippen molar-refractivity contribution in [3.8, 4) is 0 Å². The monoisotopic (exact) mass is 361 g/mol. The van der Waals surface area contributed by atoms with Crippen molar-refractivity contribution in [1.82, 2.24) is 10.3 Å². The maximum atomic E-state index is 12.9. The van der Waals surface area contributed by atoms with E-state index in [1.807, 2.05) is 26.0 Å². The van der Waals surface area contributed by atoms with Crippen LogP contribution >= 0.6 is 0 Å². The zero-order valence-corrected chi connectivity index (χ0v) is 16.0. The summed E-state index contributed by atoms with van der Waals surface area (Å²) < 4.78 is 0.